The standard InChI is InChI=1S/C20H28N4O3/c1-2-3-10-24-11-13-26-12-6-4-5-8-21-18-14-16(7-9-22-18)19-23-17(15-27-19)20(24)25/h7,9,14-15H,2-6,8,10-13H2,1H3,(H,21,22). The molecule has 1 N–H and O–H groups in total. The summed E-state index contributed by atoms with van der Waals surface area (Å²) in [6.45, 7) is 5.51. The minimum Gasteiger partial charge on any atom is -0.444 e. The molecule has 7 heteroatoms. The average Bonchev–Trinajstić information content (AvgIpc) is 3.18. The van der Waals surface area contributed by atoms with E-state index in [1.54, 1.807) is 6.20 Å². The van der Waals surface area contributed by atoms with Crippen molar-refractivity contribution in [2.75, 3.05) is 38.2 Å². The van der Waals surface area contributed by atoms with Crippen LogP contribution in [0.1, 0.15) is 49.5 Å². The van der Waals surface area contributed by atoms with Gasteiger partial charge in [0.05, 0.1) is 6.61 Å². The maximum atomic E-state index is 12.9. The number of hydrogen-bond donors (Lipinski definition) is 1. The van der Waals surface area contributed by atoms with Gasteiger partial charge in [0.15, 0.2) is 5.69 Å². The Balaban J connectivity index is 1.81. The van der Waals surface area contributed by atoms with Crippen molar-refractivity contribution in [3.63, 3.8) is 0 Å². The summed E-state index contributed by atoms with van der Waals surface area (Å²) in [4.78, 5) is 23.4. The van der Waals surface area contributed by atoms with E-state index in [0.29, 0.717) is 31.3 Å². The van der Waals surface area contributed by atoms with E-state index >= 15 is 0 Å². The molecule has 0 fully saturated rings. The third-order valence-electron chi connectivity index (χ3n) is 4.58. The van der Waals surface area contributed by atoms with Gasteiger partial charge in [-0.1, -0.05) is 13.3 Å². The van der Waals surface area contributed by atoms with Gasteiger partial charge >= 0.3 is 0 Å². The lowest BCUT2D eigenvalue weighted by Gasteiger charge is -2.21. The molecule has 146 valence electrons. The predicted octanol–water partition coefficient (Wildman–Crippen LogP) is 3.59. The highest BCUT2D eigenvalue weighted by atomic mass is 16.5. The molecule has 1 aliphatic heterocycles. The molecule has 2 aromatic rings. The summed E-state index contributed by atoms with van der Waals surface area (Å²) in [6, 6.07) is 3.73. The number of carbonyl (C=O) groups excluding carboxylic acids is 1. The number of carbonyl (C=O) groups is 1. The van der Waals surface area contributed by atoms with Crippen LogP contribution in [0.2, 0.25) is 0 Å². The molecule has 0 radical (unpaired) electrons. The molecule has 1 amide bonds. The molecule has 0 saturated heterocycles. The zero-order chi connectivity index (χ0) is 18.9. The lowest BCUT2D eigenvalue weighted by molar-refractivity contribution is 0.0629. The summed E-state index contributed by atoms with van der Waals surface area (Å²) in [7, 11) is 0. The molecular weight excluding hydrogens is 344 g/mol. The molecule has 0 aliphatic carbocycles. The van der Waals surface area contributed by atoms with Crippen LogP contribution in [0.4, 0.5) is 5.82 Å². The van der Waals surface area contributed by atoms with Crippen LogP contribution in [0.3, 0.4) is 0 Å². The van der Waals surface area contributed by atoms with Gasteiger partial charge in [0.25, 0.3) is 5.91 Å². The van der Waals surface area contributed by atoms with Gasteiger partial charge < -0.3 is 19.4 Å². The van der Waals surface area contributed by atoms with Gasteiger partial charge in [-0.05, 0) is 37.8 Å². The van der Waals surface area contributed by atoms with Crippen LogP contribution in [0.25, 0.3) is 11.5 Å². The quantitative estimate of drug-likeness (QED) is 0.887. The zero-order valence-corrected chi connectivity index (χ0v) is 15.9. The van der Waals surface area contributed by atoms with Crippen LogP contribution in [-0.4, -0.2) is 53.6 Å². The Morgan fingerprint density at radius 2 is 2.19 bits per heavy atom. The first kappa shape index (κ1) is 19.4. The fourth-order valence-electron chi connectivity index (χ4n) is 2.99. The van der Waals surface area contributed by atoms with E-state index in [-0.39, 0.29) is 5.91 Å². The van der Waals surface area contributed by atoms with Gasteiger partial charge in [0.2, 0.25) is 5.89 Å². The molecule has 0 spiro atoms. The maximum absolute atomic E-state index is 12.9. The Kier molecular flexibility index (Phi) is 7.21. The largest absolute Gasteiger partial charge is 0.444 e. The first-order valence-corrected chi connectivity index (χ1v) is 9.81. The third-order valence-corrected chi connectivity index (χ3v) is 4.58. The summed E-state index contributed by atoms with van der Waals surface area (Å²) in [5.41, 5.74) is 1.14. The number of anilines is 1. The lowest BCUT2D eigenvalue weighted by Crippen LogP contribution is -2.35. The number of oxazole rings is 1. The van der Waals surface area contributed by atoms with Gasteiger partial charge in [-0.25, -0.2) is 9.97 Å². The van der Waals surface area contributed by atoms with E-state index in [4.69, 9.17) is 9.15 Å². The van der Waals surface area contributed by atoms with Gasteiger partial charge in [0.1, 0.15) is 12.1 Å². The number of ether oxygens (including phenoxy) is 1. The highest BCUT2D eigenvalue weighted by Gasteiger charge is 2.20. The number of rotatable bonds is 3. The molecule has 0 unspecified atom stereocenters. The Hall–Kier alpha value is -2.41. The topological polar surface area (TPSA) is 80.5 Å². The minimum atomic E-state index is -0.112. The maximum Gasteiger partial charge on any atom is 0.275 e. The Bertz CT molecular complexity index is 732. The summed E-state index contributed by atoms with van der Waals surface area (Å²) in [6.07, 6.45) is 8.31. The van der Waals surface area contributed by atoms with Crippen LogP contribution >= 0.6 is 0 Å². The number of amides is 1. The minimum absolute atomic E-state index is 0.112. The summed E-state index contributed by atoms with van der Waals surface area (Å²) in [5, 5.41) is 3.32. The first-order chi connectivity index (χ1) is 13.3. The second kappa shape index (κ2) is 10.1. The summed E-state index contributed by atoms with van der Waals surface area (Å²) >= 11 is 0. The first-order valence-electron chi connectivity index (χ1n) is 9.81. The molecule has 2 aromatic heterocycles. The highest BCUT2D eigenvalue weighted by molar-refractivity contribution is 5.92. The number of unbranched alkanes of at least 4 members (excludes halogenated alkanes) is 1. The van der Waals surface area contributed by atoms with Gasteiger partial charge in [-0.2, -0.15) is 0 Å². The monoisotopic (exact) mass is 372 g/mol. The van der Waals surface area contributed by atoms with Crippen LogP contribution in [0.15, 0.2) is 29.0 Å². The Labute approximate surface area is 160 Å². The number of pyridine rings is 1. The number of fused-ring (bicyclic) bond motifs is 5. The fourth-order valence-corrected chi connectivity index (χ4v) is 2.99. The third kappa shape index (κ3) is 5.53. The van der Waals surface area contributed by atoms with Crippen LogP contribution in [0, 0.1) is 0 Å². The number of hydrogen-bond acceptors (Lipinski definition) is 6. The molecule has 3 rings (SSSR count). The van der Waals surface area contributed by atoms with E-state index in [9.17, 15) is 4.79 Å². The van der Waals surface area contributed by atoms with Crippen LogP contribution in [0.5, 0.6) is 0 Å². The number of nitrogens with one attached hydrogen (secondary N) is 1. The van der Waals surface area contributed by atoms with Gasteiger partial charge in [-0.3, -0.25) is 4.79 Å². The number of nitrogens with zero attached hydrogens (tertiary/aromatic N) is 3. The number of aromatic nitrogens is 2. The molecule has 4 bridgehead atoms. The van der Waals surface area contributed by atoms with Crippen LogP contribution < -0.4 is 5.32 Å². The van der Waals surface area contributed by atoms with E-state index < -0.39 is 0 Å². The van der Waals surface area contributed by atoms with E-state index in [2.05, 4.69) is 22.2 Å². The van der Waals surface area contributed by atoms with E-state index in [0.717, 1.165) is 56.6 Å². The lowest BCUT2D eigenvalue weighted by atomic mass is 10.2. The molecule has 1 aliphatic rings. The second-order valence-electron chi connectivity index (χ2n) is 6.71. The summed E-state index contributed by atoms with van der Waals surface area (Å²) in [5.74, 6) is 1.10. The van der Waals surface area contributed by atoms with Crippen molar-refractivity contribution in [2.45, 2.75) is 39.0 Å². The molecule has 0 aromatic carbocycles. The second-order valence-corrected chi connectivity index (χ2v) is 6.71. The van der Waals surface area contributed by atoms with Gasteiger partial charge in [-0.15, -0.1) is 0 Å². The fraction of sp³-hybridized carbons (Fsp3) is 0.550. The van der Waals surface area contributed by atoms with Crippen molar-refractivity contribution in [3.8, 4) is 11.5 Å². The van der Waals surface area contributed by atoms with Crippen molar-refractivity contribution in [1.29, 1.82) is 0 Å². The SMILES string of the molecule is CCCCN1CCOCCCCCNc2cc(ccn2)-c2nc(co2)C1=O. The van der Waals surface area contributed by atoms with Crippen molar-refractivity contribution in [3.05, 3.63) is 30.3 Å². The zero-order valence-electron chi connectivity index (χ0n) is 15.9. The molecule has 27 heavy (non-hydrogen) atoms. The smallest absolute Gasteiger partial charge is 0.275 e. The molecule has 0 atom stereocenters. The highest BCUT2D eigenvalue weighted by Crippen LogP contribution is 2.21. The van der Waals surface area contributed by atoms with Crippen molar-refractivity contribution < 1.29 is 13.9 Å². The Morgan fingerprint density at radius 1 is 1.26 bits per heavy atom. The predicted molar refractivity (Wildman–Crippen MR) is 104 cm³/mol. The van der Waals surface area contributed by atoms with Crippen molar-refractivity contribution in [2.24, 2.45) is 0 Å². The Morgan fingerprint density at radius 3 is 3.07 bits per heavy atom. The molecule has 3 heterocycles. The molecular formula is C20H28N4O3. The van der Waals surface area contributed by atoms with Crippen molar-refractivity contribution >= 4 is 11.7 Å². The van der Waals surface area contributed by atoms with Crippen molar-refractivity contribution in [1.82, 2.24) is 14.9 Å². The normalized spacial score (nSPS) is 16.6. The van der Waals surface area contributed by atoms with E-state index in [1.165, 1.54) is 6.26 Å². The average molecular weight is 372 g/mol. The van der Waals surface area contributed by atoms with Gasteiger partial charge in [0, 0.05) is 38.0 Å². The molecule has 7 nitrogen and oxygen atoms in total. The molecule has 0 saturated carbocycles. The van der Waals surface area contributed by atoms with E-state index in [1.807, 2.05) is 17.0 Å². The van der Waals surface area contributed by atoms with Crippen LogP contribution in [-0.2, 0) is 4.74 Å². The summed E-state index contributed by atoms with van der Waals surface area (Å²) < 4.78 is 11.3.